The van der Waals surface area contributed by atoms with Crippen LogP contribution in [0.25, 0.3) is 0 Å². The van der Waals surface area contributed by atoms with Gasteiger partial charge in [-0.1, -0.05) is 42.0 Å². The summed E-state index contributed by atoms with van der Waals surface area (Å²) in [4.78, 5) is 36.9. The second kappa shape index (κ2) is 10.3. The second-order valence-corrected chi connectivity index (χ2v) is 7.29. The first-order valence-electron chi connectivity index (χ1n) is 9.96. The largest absolute Gasteiger partial charge is 0.465 e. The first-order valence-corrected chi connectivity index (χ1v) is 9.96. The average molecular weight is 434 g/mol. The molecule has 0 aliphatic rings. The Labute approximate surface area is 185 Å². The molecule has 0 bridgehead atoms. The SMILES string of the molecule is COC(=O)c1cc(CNC(=O)Cc2cccc(C)c2)cc(NC(=O)c2ccccc2F)c1. The predicted molar refractivity (Wildman–Crippen MR) is 119 cm³/mol. The van der Waals surface area contributed by atoms with Crippen molar-refractivity contribution in [3.05, 3.63) is 100 Å². The molecule has 32 heavy (non-hydrogen) atoms. The number of benzene rings is 3. The lowest BCUT2D eigenvalue weighted by molar-refractivity contribution is -0.120. The van der Waals surface area contributed by atoms with Gasteiger partial charge in [-0.3, -0.25) is 9.59 Å². The Kier molecular flexibility index (Phi) is 7.33. The lowest BCUT2D eigenvalue weighted by atomic mass is 10.1. The Bertz CT molecular complexity index is 1160. The maximum atomic E-state index is 13.9. The topological polar surface area (TPSA) is 84.5 Å². The van der Waals surface area contributed by atoms with Crippen molar-refractivity contribution < 1.29 is 23.5 Å². The van der Waals surface area contributed by atoms with Gasteiger partial charge in [0.15, 0.2) is 0 Å². The Hall–Kier alpha value is -4.00. The van der Waals surface area contributed by atoms with Crippen molar-refractivity contribution in [3.63, 3.8) is 0 Å². The predicted octanol–water partition coefficient (Wildman–Crippen LogP) is 4.03. The number of amides is 2. The molecule has 164 valence electrons. The summed E-state index contributed by atoms with van der Waals surface area (Å²) in [6.07, 6.45) is 0.218. The van der Waals surface area contributed by atoms with Crippen LogP contribution < -0.4 is 10.6 Å². The van der Waals surface area contributed by atoms with Gasteiger partial charge in [-0.25, -0.2) is 9.18 Å². The summed E-state index contributed by atoms with van der Waals surface area (Å²) >= 11 is 0. The van der Waals surface area contributed by atoms with Crippen molar-refractivity contribution >= 4 is 23.5 Å². The summed E-state index contributed by atoms with van der Waals surface area (Å²) in [5.74, 6) is -2.09. The number of anilines is 1. The molecule has 0 saturated carbocycles. The van der Waals surface area contributed by atoms with Gasteiger partial charge < -0.3 is 15.4 Å². The Morgan fingerprint density at radius 3 is 2.44 bits per heavy atom. The summed E-state index contributed by atoms with van der Waals surface area (Å²) in [5.41, 5.74) is 2.89. The highest BCUT2D eigenvalue weighted by molar-refractivity contribution is 6.05. The second-order valence-electron chi connectivity index (χ2n) is 7.29. The molecule has 0 saturated heterocycles. The van der Waals surface area contributed by atoms with Gasteiger partial charge in [0.1, 0.15) is 5.82 Å². The molecule has 3 rings (SSSR count). The number of nitrogens with one attached hydrogen (secondary N) is 2. The molecular weight excluding hydrogens is 411 g/mol. The molecule has 0 spiro atoms. The van der Waals surface area contributed by atoms with Crippen LogP contribution in [0.4, 0.5) is 10.1 Å². The third-order valence-electron chi connectivity index (χ3n) is 4.73. The Morgan fingerprint density at radius 2 is 1.72 bits per heavy atom. The van der Waals surface area contributed by atoms with E-state index in [0.29, 0.717) is 5.56 Å². The van der Waals surface area contributed by atoms with Crippen LogP contribution >= 0.6 is 0 Å². The van der Waals surface area contributed by atoms with Gasteiger partial charge in [0.05, 0.1) is 24.7 Å². The van der Waals surface area contributed by atoms with Gasteiger partial charge in [-0.05, 0) is 48.4 Å². The first-order chi connectivity index (χ1) is 15.4. The monoisotopic (exact) mass is 434 g/mol. The summed E-state index contributed by atoms with van der Waals surface area (Å²) in [6.45, 7) is 2.09. The molecule has 0 atom stereocenters. The molecule has 0 heterocycles. The Morgan fingerprint density at radius 1 is 0.938 bits per heavy atom. The van der Waals surface area contributed by atoms with E-state index < -0.39 is 17.7 Å². The fraction of sp³-hybridized carbons (Fsp3) is 0.160. The smallest absolute Gasteiger partial charge is 0.337 e. The van der Waals surface area contributed by atoms with E-state index in [0.717, 1.165) is 11.1 Å². The van der Waals surface area contributed by atoms with Crippen LogP contribution in [0.2, 0.25) is 0 Å². The normalized spacial score (nSPS) is 10.3. The van der Waals surface area contributed by atoms with Gasteiger partial charge in [0.25, 0.3) is 5.91 Å². The van der Waals surface area contributed by atoms with Crippen LogP contribution in [-0.4, -0.2) is 24.9 Å². The van der Waals surface area contributed by atoms with Crippen molar-refractivity contribution in [2.24, 2.45) is 0 Å². The highest BCUT2D eigenvalue weighted by Crippen LogP contribution is 2.18. The highest BCUT2D eigenvalue weighted by Gasteiger charge is 2.14. The van der Waals surface area contributed by atoms with Crippen molar-refractivity contribution in [2.45, 2.75) is 19.9 Å². The molecule has 6 nitrogen and oxygen atoms in total. The maximum absolute atomic E-state index is 13.9. The molecule has 0 fully saturated rings. The minimum atomic E-state index is -0.655. The number of aryl methyl sites for hydroxylation is 1. The van der Waals surface area contributed by atoms with Crippen LogP contribution in [-0.2, 0) is 22.5 Å². The standard InChI is InChI=1S/C25H23FN2O4/c1-16-6-5-7-17(10-16)13-23(29)27-15-18-11-19(25(31)32-2)14-20(12-18)28-24(30)21-8-3-4-9-22(21)26/h3-12,14H,13,15H2,1-2H3,(H,27,29)(H,28,30). The van der Waals surface area contributed by atoms with E-state index in [1.807, 2.05) is 31.2 Å². The molecule has 0 unspecified atom stereocenters. The highest BCUT2D eigenvalue weighted by atomic mass is 19.1. The number of halogens is 1. The number of carbonyl (C=O) groups excluding carboxylic acids is 3. The molecule has 0 aliphatic carbocycles. The molecular formula is C25H23FN2O4. The van der Waals surface area contributed by atoms with E-state index in [2.05, 4.69) is 10.6 Å². The summed E-state index contributed by atoms with van der Waals surface area (Å²) in [7, 11) is 1.25. The molecule has 2 N–H and O–H groups in total. The van der Waals surface area contributed by atoms with Gasteiger partial charge >= 0.3 is 5.97 Å². The van der Waals surface area contributed by atoms with Crippen LogP contribution in [0.1, 0.15) is 37.4 Å². The minimum absolute atomic E-state index is 0.121. The summed E-state index contributed by atoms with van der Waals surface area (Å²) in [5, 5.41) is 5.40. The quantitative estimate of drug-likeness (QED) is 0.550. The van der Waals surface area contributed by atoms with E-state index in [9.17, 15) is 18.8 Å². The number of ether oxygens (including phenoxy) is 1. The molecule has 0 aliphatic heterocycles. The molecule has 3 aromatic rings. The molecule has 2 amide bonds. The number of rotatable bonds is 7. The van der Waals surface area contributed by atoms with Crippen molar-refractivity contribution in [1.29, 1.82) is 0 Å². The van der Waals surface area contributed by atoms with Crippen LogP contribution in [0, 0.1) is 12.7 Å². The number of carbonyl (C=O) groups is 3. The van der Waals surface area contributed by atoms with E-state index in [-0.39, 0.29) is 35.7 Å². The summed E-state index contributed by atoms with van der Waals surface area (Å²) < 4.78 is 18.7. The van der Waals surface area contributed by atoms with Gasteiger partial charge in [-0.15, -0.1) is 0 Å². The van der Waals surface area contributed by atoms with Crippen molar-refractivity contribution in [2.75, 3.05) is 12.4 Å². The minimum Gasteiger partial charge on any atom is -0.465 e. The third-order valence-corrected chi connectivity index (χ3v) is 4.73. The van der Waals surface area contributed by atoms with Crippen LogP contribution in [0.15, 0.2) is 66.7 Å². The van der Waals surface area contributed by atoms with Gasteiger partial charge in [0.2, 0.25) is 5.91 Å². The molecule has 0 radical (unpaired) electrons. The van der Waals surface area contributed by atoms with Crippen molar-refractivity contribution in [1.82, 2.24) is 5.32 Å². The maximum Gasteiger partial charge on any atom is 0.337 e. The zero-order valence-corrected chi connectivity index (χ0v) is 17.8. The van der Waals surface area contributed by atoms with E-state index in [1.165, 1.54) is 31.4 Å². The van der Waals surface area contributed by atoms with Crippen LogP contribution in [0.5, 0.6) is 0 Å². The molecule has 0 aromatic heterocycles. The zero-order valence-electron chi connectivity index (χ0n) is 17.8. The van der Waals surface area contributed by atoms with Crippen LogP contribution in [0.3, 0.4) is 0 Å². The van der Waals surface area contributed by atoms with E-state index in [1.54, 1.807) is 18.2 Å². The lowest BCUT2D eigenvalue weighted by Crippen LogP contribution is -2.25. The number of methoxy groups -OCH3 is 1. The lowest BCUT2D eigenvalue weighted by Gasteiger charge is -2.12. The summed E-state index contributed by atoms with van der Waals surface area (Å²) in [6, 6.07) is 17.9. The third kappa shape index (κ3) is 6.01. The van der Waals surface area contributed by atoms with Crippen molar-refractivity contribution in [3.8, 4) is 0 Å². The molecule has 7 heteroatoms. The van der Waals surface area contributed by atoms with E-state index in [4.69, 9.17) is 4.74 Å². The zero-order chi connectivity index (χ0) is 23.1. The van der Waals surface area contributed by atoms with Gasteiger partial charge in [-0.2, -0.15) is 0 Å². The number of hydrogen-bond acceptors (Lipinski definition) is 4. The van der Waals surface area contributed by atoms with Gasteiger partial charge in [0, 0.05) is 12.2 Å². The fourth-order valence-electron chi connectivity index (χ4n) is 3.22. The first kappa shape index (κ1) is 22.7. The Balaban J connectivity index is 1.75. The number of esters is 1. The number of hydrogen-bond donors (Lipinski definition) is 2. The fourth-order valence-corrected chi connectivity index (χ4v) is 3.22. The molecule has 3 aromatic carbocycles. The average Bonchev–Trinajstić information content (AvgIpc) is 2.77. The van der Waals surface area contributed by atoms with E-state index >= 15 is 0 Å².